The van der Waals surface area contributed by atoms with Crippen LogP contribution < -0.4 is 26.0 Å². The molecule has 246 valence electrons. The lowest BCUT2D eigenvalue weighted by Gasteiger charge is -2.28. The highest BCUT2D eigenvalue weighted by Gasteiger charge is 2.36. The number of Topliss-reactive ketones (excluding diaryl/α,β-unsaturated/α-hetero) is 1. The number of ether oxygens (including phenoxy) is 1. The van der Waals surface area contributed by atoms with Crippen LogP contribution in [0.2, 0.25) is 0 Å². The van der Waals surface area contributed by atoms with Crippen LogP contribution in [0.5, 0.6) is 5.75 Å². The smallest absolute Gasteiger partial charge is 0.309 e. The van der Waals surface area contributed by atoms with E-state index in [1.54, 1.807) is 0 Å². The number of hydrogen-bond donors (Lipinski definition) is 4. The van der Waals surface area contributed by atoms with E-state index in [1.165, 1.54) is 0 Å². The molecular formula is C28H36F6N4O6. The quantitative estimate of drug-likeness (QED) is 0.176. The summed E-state index contributed by atoms with van der Waals surface area (Å²) in [4.78, 5) is 61.2. The number of ketones is 1. The second-order valence-corrected chi connectivity index (χ2v) is 11.2. The summed E-state index contributed by atoms with van der Waals surface area (Å²) in [5.41, 5.74) is 0. The van der Waals surface area contributed by atoms with Gasteiger partial charge in [-0.1, -0.05) is 20.8 Å². The van der Waals surface area contributed by atoms with Gasteiger partial charge < -0.3 is 26.0 Å². The van der Waals surface area contributed by atoms with Crippen molar-refractivity contribution in [1.82, 2.24) is 21.3 Å². The predicted octanol–water partition coefficient (Wildman–Crippen LogP) is 2.67. The van der Waals surface area contributed by atoms with Gasteiger partial charge in [0.05, 0.1) is 12.6 Å². The van der Waals surface area contributed by atoms with Gasteiger partial charge in [0.15, 0.2) is 23.2 Å². The molecule has 0 spiro atoms. The lowest BCUT2D eigenvalue weighted by atomic mass is 9.92. The van der Waals surface area contributed by atoms with Crippen LogP contribution in [-0.4, -0.2) is 67.1 Å². The summed E-state index contributed by atoms with van der Waals surface area (Å²) in [6, 6.07) is -2.18. The molecule has 1 aromatic rings. The minimum atomic E-state index is -2.84. The molecule has 1 aliphatic heterocycles. The van der Waals surface area contributed by atoms with Crippen molar-refractivity contribution in [2.75, 3.05) is 19.7 Å². The molecule has 4 N–H and O–H groups in total. The van der Waals surface area contributed by atoms with E-state index in [0.717, 1.165) is 5.92 Å². The average molecular weight is 639 g/mol. The molecule has 3 rings (SSSR count). The topological polar surface area (TPSA) is 143 Å². The van der Waals surface area contributed by atoms with E-state index in [2.05, 4.69) is 41.5 Å². The Bertz CT molecular complexity index is 1190. The van der Waals surface area contributed by atoms with Gasteiger partial charge in [0.25, 0.3) is 0 Å². The normalized spacial score (nSPS) is 18.4. The monoisotopic (exact) mass is 638 g/mol. The molecule has 1 aromatic carbocycles. The van der Waals surface area contributed by atoms with Crippen molar-refractivity contribution in [2.24, 2.45) is 11.8 Å². The Labute approximate surface area is 250 Å². The van der Waals surface area contributed by atoms with Crippen LogP contribution in [0.4, 0.5) is 26.3 Å². The molecule has 0 bridgehead atoms. The van der Waals surface area contributed by atoms with Gasteiger partial charge in [-0.25, -0.2) is 17.6 Å². The fourth-order valence-corrected chi connectivity index (χ4v) is 4.27. The third-order valence-corrected chi connectivity index (χ3v) is 6.51. The van der Waals surface area contributed by atoms with Gasteiger partial charge in [-0.3, -0.25) is 24.0 Å². The average Bonchev–Trinajstić information content (AvgIpc) is 3.34. The fraction of sp³-hybridized carbons (Fsp3) is 0.607. The van der Waals surface area contributed by atoms with Gasteiger partial charge >= 0.3 is 11.8 Å². The second kappa shape index (κ2) is 16.3. The van der Waals surface area contributed by atoms with Gasteiger partial charge in [-0.2, -0.15) is 8.78 Å². The molecule has 0 radical (unpaired) electrons. The largest absolute Gasteiger partial charge is 0.479 e. The van der Waals surface area contributed by atoms with Crippen molar-refractivity contribution in [3.8, 4) is 5.75 Å². The summed E-state index contributed by atoms with van der Waals surface area (Å²) in [7, 11) is 0. The first-order chi connectivity index (χ1) is 20.5. The molecule has 2 aliphatic rings. The minimum Gasteiger partial charge on any atom is -0.479 e. The van der Waals surface area contributed by atoms with Gasteiger partial charge in [0.1, 0.15) is 6.61 Å². The summed E-state index contributed by atoms with van der Waals surface area (Å²) in [5, 5.41) is 9.05. The zero-order valence-corrected chi connectivity index (χ0v) is 24.5. The SMILES string of the molecule is CC(C)C.O=C(CNC(=O)C(=O)NC1CCC(F)(F)CC1)NC(CC1CCNC1=O)C(=O)COc1c(F)c(F)cc(F)c1F. The number of hydrogen-bond acceptors (Lipinski definition) is 6. The maximum atomic E-state index is 13.9. The first-order valence-electron chi connectivity index (χ1n) is 14.0. The number of amides is 4. The van der Waals surface area contributed by atoms with Crippen LogP contribution in [0.15, 0.2) is 6.07 Å². The van der Waals surface area contributed by atoms with Crippen molar-refractivity contribution < 1.29 is 55.1 Å². The molecule has 1 heterocycles. The number of rotatable bonds is 10. The van der Waals surface area contributed by atoms with Gasteiger partial charge in [-0.05, 0) is 31.6 Å². The Kier molecular flexibility index (Phi) is 13.5. The Hall–Kier alpha value is -3.85. The molecule has 16 heteroatoms. The van der Waals surface area contributed by atoms with Gasteiger partial charge in [-0.15, -0.1) is 0 Å². The molecule has 1 aliphatic carbocycles. The Morgan fingerprint density at radius 3 is 2.07 bits per heavy atom. The van der Waals surface area contributed by atoms with E-state index in [9.17, 15) is 50.3 Å². The highest BCUT2D eigenvalue weighted by atomic mass is 19.3. The van der Waals surface area contributed by atoms with Crippen molar-refractivity contribution >= 4 is 29.4 Å². The van der Waals surface area contributed by atoms with Gasteiger partial charge in [0.2, 0.25) is 29.4 Å². The lowest BCUT2D eigenvalue weighted by molar-refractivity contribution is -0.140. The number of carbonyl (C=O) groups excluding carboxylic acids is 5. The maximum absolute atomic E-state index is 13.9. The Morgan fingerprint density at radius 2 is 1.55 bits per heavy atom. The molecule has 0 aromatic heterocycles. The molecule has 1 saturated heterocycles. The lowest BCUT2D eigenvalue weighted by Crippen LogP contribution is -2.51. The van der Waals surface area contributed by atoms with E-state index in [1.807, 2.05) is 5.32 Å². The van der Waals surface area contributed by atoms with Crippen LogP contribution in [0.3, 0.4) is 0 Å². The molecule has 2 atom stereocenters. The summed E-state index contributed by atoms with van der Waals surface area (Å²) >= 11 is 0. The predicted molar refractivity (Wildman–Crippen MR) is 143 cm³/mol. The number of alkyl halides is 2. The fourth-order valence-electron chi connectivity index (χ4n) is 4.27. The van der Waals surface area contributed by atoms with Crippen LogP contribution in [0, 0.1) is 35.1 Å². The van der Waals surface area contributed by atoms with E-state index in [-0.39, 0.29) is 31.9 Å². The number of halogens is 6. The summed E-state index contributed by atoms with van der Waals surface area (Å²) in [6.45, 7) is 4.83. The summed E-state index contributed by atoms with van der Waals surface area (Å²) in [6.07, 6.45) is -0.960. The Balaban J connectivity index is 0.00000159. The standard InChI is InChI=1S/C24H26F6N4O6.C4H10/c25-13-8-14(26)19(28)20(18(13)27)40-10-16(35)15(7-11-3-6-31-21(11)37)34-17(36)9-32-22(38)23(39)33-12-1-4-24(29,30)5-2-12;1-4(2)3/h8,11-12,15H,1-7,9-10H2,(H,31,37)(H,32,38)(H,33,39)(H,34,36);4H,1-3H3. The molecule has 2 unspecified atom stereocenters. The third-order valence-electron chi connectivity index (χ3n) is 6.51. The van der Waals surface area contributed by atoms with E-state index >= 15 is 0 Å². The Morgan fingerprint density at radius 1 is 0.977 bits per heavy atom. The molecule has 1 saturated carbocycles. The first kappa shape index (κ1) is 36.3. The van der Waals surface area contributed by atoms with Gasteiger partial charge in [0, 0.05) is 37.4 Å². The first-order valence-corrected chi connectivity index (χ1v) is 14.0. The van der Waals surface area contributed by atoms with Crippen molar-refractivity contribution in [1.29, 1.82) is 0 Å². The maximum Gasteiger partial charge on any atom is 0.309 e. The molecule has 4 amide bonds. The highest BCUT2D eigenvalue weighted by molar-refractivity contribution is 6.35. The van der Waals surface area contributed by atoms with Crippen LogP contribution in [-0.2, 0) is 24.0 Å². The second-order valence-electron chi connectivity index (χ2n) is 11.2. The number of carbonyl (C=O) groups is 5. The third kappa shape index (κ3) is 11.3. The van der Waals surface area contributed by atoms with Crippen LogP contribution >= 0.6 is 0 Å². The zero-order chi connectivity index (χ0) is 33.2. The zero-order valence-electron chi connectivity index (χ0n) is 24.5. The van der Waals surface area contributed by atoms with E-state index in [0.29, 0.717) is 6.42 Å². The molecule has 10 nitrogen and oxygen atoms in total. The highest BCUT2D eigenvalue weighted by Crippen LogP contribution is 2.33. The van der Waals surface area contributed by atoms with Crippen molar-refractivity contribution in [3.05, 3.63) is 29.3 Å². The molecule has 2 fully saturated rings. The minimum absolute atomic E-state index is 0.0385. The summed E-state index contributed by atoms with van der Waals surface area (Å²) < 4.78 is 85.7. The van der Waals surface area contributed by atoms with E-state index < -0.39 is 108 Å². The number of benzene rings is 1. The van der Waals surface area contributed by atoms with Crippen LogP contribution in [0.25, 0.3) is 0 Å². The van der Waals surface area contributed by atoms with Crippen molar-refractivity contribution in [3.63, 3.8) is 0 Å². The van der Waals surface area contributed by atoms with E-state index in [4.69, 9.17) is 0 Å². The van der Waals surface area contributed by atoms with Crippen molar-refractivity contribution in [2.45, 2.75) is 77.3 Å². The molecule has 44 heavy (non-hydrogen) atoms. The molecular weight excluding hydrogens is 602 g/mol. The summed E-state index contributed by atoms with van der Waals surface area (Å²) in [5.74, 6) is -16.4. The number of nitrogens with one attached hydrogen (secondary N) is 4. The van der Waals surface area contributed by atoms with Crippen LogP contribution in [0.1, 0.15) is 59.3 Å².